The maximum absolute atomic E-state index is 12.7. The molecule has 0 saturated carbocycles. The molecule has 1 amide bonds. The predicted molar refractivity (Wildman–Crippen MR) is 119 cm³/mol. The lowest BCUT2D eigenvalue weighted by Crippen LogP contribution is -2.33. The number of carbonyl (C=O) groups is 1. The van der Waals surface area contributed by atoms with E-state index in [2.05, 4.69) is 46.7 Å². The van der Waals surface area contributed by atoms with Crippen LogP contribution in [0.15, 0.2) is 42.5 Å². The SMILES string of the molecule is CNc1cc(OC)c(C(=O)NCC[C@@H]2C[C@@H](C)CN2Cc2ccccc2)cc1Cl. The maximum atomic E-state index is 12.7. The van der Waals surface area contributed by atoms with Crippen LogP contribution in [0.1, 0.15) is 35.7 Å². The molecule has 1 aliphatic rings. The molecule has 3 rings (SSSR count). The molecule has 0 aliphatic carbocycles. The summed E-state index contributed by atoms with van der Waals surface area (Å²) in [5, 5.41) is 6.53. The number of methoxy groups -OCH3 is 1. The Bertz CT molecular complexity index is 828. The predicted octanol–water partition coefficient (Wildman–Crippen LogP) is 4.42. The summed E-state index contributed by atoms with van der Waals surface area (Å²) in [7, 11) is 3.34. The summed E-state index contributed by atoms with van der Waals surface area (Å²) in [6, 6.07) is 14.4. The fourth-order valence-electron chi connectivity index (χ4n) is 4.09. The monoisotopic (exact) mass is 415 g/mol. The van der Waals surface area contributed by atoms with Crippen LogP contribution in [0.3, 0.4) is 0 Å². The number of hydrogen-bond donors (Lipinski definition) is 2. The van der Waals surface area contributed by atoms with E-state index in [0.717, 1.165) is 31.6 Å². The van der Waals surface area contributed by atoms with Gasteiger partial charge in [0.05, 0.1) is 23.4 Å². The summed E-state index contributed by atoms with van der Waals surface area (Å²) in [5.74, 6) is 1.02. The molecule has 1 heterocycles. The Morgan fingerprint density at radius 3 is 2.72 bits per heavy atom. The molecule has 0 aromatic heterocycles. The van der Waals surface area contributed by atoms with Gasteiger partial charge in [-0.05, 0) is 30.4 Å². The second-order valence-corrected chi connectivity index (χ2v) is 8.14. The Labute approximate surface area is 178 Å². The van der Waals surface area contributed by atoms with Crippen molar-refractivity contribution >= 4 is 23.2 Å². The minimum atomic E-state index is -0.160. The minimum absolute atomic E-state index is 0.160. The van der Waals surface area contributed by atoms with Crippen LogP contribution in [0.25, 0.3) is 0 Å². The minimum Gasteiger partial charge on any atom is -0.496 e. The van der Waals surface area contributed by atoms with E-state index in [0.29, 0.717) is 34.8 Å². The van der Waals surface area contributed by atoms with Gasteiger partial charge in [-0.1, -0.05) is 48.9 Å². The van der Waals surface area contributed by atoms with Gasteiger partial charge in [0, 0.05) is 38.8 Å². The normalized spacial score (nSPS) is 19.2. The van der Waals surface area contributed by atoms with Gasteiger partial charge in [-0.3, -0.25) is 9.69 Å². The first-order valence-electron chi connectivity index (χ1n) is 10.1. The molecule has 2 N–H and O–H groups in total. The highest BCUT2D eigenvalue weighted by atomic mass is 35.5. The number of rotatable bonds is 8. The van der Waals surface area contributed by atoms with E-state index in [4.69, 9.17) is 16.3 Å². The first-order valence-corrected chi connectivity index (χ1v) is 10.5. The van der Waals surface area contributed by atoms with Crippen LogP contribution in [0.2, 0.25) is 5.02 Å². The summed E-state index contributed by atoms with van der Waals surface area (Å²) < 4.78 is 5.37. The first kappa shape index (κ1) is 21.5. The molecule has 0 radical (unpaired) electrons. The molecule has 2 aromatic carbocycles. The van der Waals surface area contributed by atoms with E-state index < -0.39 is 0 Å². The lowest BCUT2D eigenvalue weighted by atomic mass is 10.1. The van der Waals surface area contributed by atoms with Gasteiger partial charge in [0.2, 0.25) is 0 Å². The van der Waals surface area contributed by atoms with Crippen molar-refractivity contribution in [2.45, 2.75) is 32.4 Å². The zero-order valence-corrected chi connectivity index (χ0v) is 18.1. The van der Waals surface area contributed by atoms with Crippen molar-refractivity contribution in [2.24, 2.45) is 5.92 Å². The van der Waals surface area contributed by atoms with Gasteiger partial charge in [-0.25, -0.2) is 0 Å². The smallest absolute Gasteiger partial charge is 0.255 e. The quantitative estimate of drug-likeness (QED) is 0.670. The Kier molecular flexibility index (Phi) is 7.40. The maximum Gasteiger partial charge on any atom is 0.255 e. The Balaban J connectivity index is 1.58. The molecular formula is C23H30ClN3O2. The van der Waals surface area contributed by atoms with Crippen molar-refractivity contribution in [3.63, 3.8) is 0 Å². The van der Waals surface area contributed by atoms with Crippen molar-refractivity contribution in [3.05, 3.63) is 58.6 Å². The van der Waals surface area contributed by atoms with Gasteiger partial charge >= 0.3 is 0 Å². The molecule has 156 valence electrons. The lowest BCUT2D eigenvalue weighted by Gasteiger charge is -2.24. The fraction of sp³-hybridized carbons (Fsp3) is 0.435. The van der Waals surface area contributed by atoms with E-state index in [9.17, 15) is 4.79 Å². The van der Waals surface area contributed by atoms with E-state index in [1.54, 1.807) is 26.3 Å². The Morgan fingerprint density at radius 2 is 2.03 bits per heavy atom. The van der Waals surface area contributed by atoms with Crippen LogP contribution in [0, 0.1) is 5.92 Å². The standard InChI is InChI=1S/C23H30ClN3O2/c1-16-11-18(27(14-16)15-17-7-5-4-6-8-17)9-10-26-23(28)19-12-20(24)21(25-2)13-22(19)29-3/h4-8,12-13,16,18,25H,9-11,14-15H2,1-3H3,(H,26,28)/t16-,18-/m1/s1. The van der Waals surface area contributed by atoms with Crippen LogP contribution in [-0.2, 0) is 6.54 Å². The topological polar surface area (TPSA) is 53.6 Å². The largest absolute Gasteiger partial charge is 0.496 e. The second kappa shape index (κ2) is 9.99. The number of likely N-dealkylation sites (tertiary alicyclic amines) is 1. The molecule has 1 fully saturated rings. The number of carbonyl (C=O) groups excluding carboxylic acids is 1. The zero-order chi connectivity index (χ0) is 20.8. The van der Waals surface area contributed by atoms with Crippen LogP contribution < -0.4 is 15.4 Å². The number of amides is 1. The highest BCUT2D eigenvalue weighted by Gasteiger charge is 2.29. The second-order valence-electron chi connectivity index (χ2n) is 7.74. The first-order chi connectivity index (χ1) is 14.0. The number of nitrogens with one attached hydrogen (secondary N) is 2. The highest BCUT2D eigenvalue weighted by molar-refractivity contribution is 6.33. The van der Waals surface area contributed by atoms with Crippen molar-refractivity contribution < 1.29 is 9.53 Å². The number of anilines is 1. The van der Waals surface area contributed by atoms with Gasteiger partial charge in [-0.2, -0.15) is 0 Å². The number of ether oxygens (including phenoxy) is 1. The third-order valence-electron chi connectivity index (χ3n) is 5.53. The van der Waals surface area contributed by atoms with Crippen molar-refractivity contribution in [1.29, 1.82) is 0 Å². The Morgan fingerprint density at radius 1 is 1.28 bits per heavy atom. The molecular weight excluding hydrogens is 386 g/mol. The summed E-state index contributed by atoms with van der Waals surface area (Å²) in [4.78, 5) is 15.2. The van der Waals surface area contributed by atoms with Crippen molar-refractivity contribution in [2.75, 3.05) is 32.6 Å². The van der Waals surface area contributed by atoms with Gasteiger partial charge in [0.1, 0.15) is 5.75 Å². The molecule has 1 saturated heterocycles. The molecule has 1 aliphatic heterocycles. The van der Waals surface area contributed by atoms with Gasteiger partial charge < -0.3 is 15.4 Å². The van der Waals surface area contributed by atoms with Gasteiger partial charge in [0.25, 0.3) is 5.91 Å². The molecule has 2 atom stereocenters. The van der Waals surface area contributed by atoms with Crippen LogP contribution in [0.4, 0.5) is 5.69 Å². The molecule has 5 nitrogen and oxygen atoms in total. The summed E-state index contributed by atoms with van der Waals surface area (Å²) >= 11 is 6.25. The van der Waals surface area contributed by atoms with E-state index in [-0.39, 0.29) is 5.91 Å². The average molecular weight is 416 g/mol. The molecule has 6 heteroatoms. The van der Waals surface area contributed by atoms with Crippen LogP contribution >= 0.6 is 11.6 Å². The van der Waals surface area contributed by atoms with Crippen LogP contribution in [0.5, 0.6) is 5.75 Å². The number of nitrogens with zero attached hydrogens (tertiary/aromatic N) is 1. The summed E-state index contributed by atoms with van der Waals surface area (Å²) in [6.07, 6.45) is 2.09. The fourth-order valence-corrected chi connectivity index (χ4v) is 4.35. The average Bonchev–Trinajstić information content (AvgIpc) is 3.07. The highest BCUT2D eigenvalue weighted by Crippen LogP contribution is 2.31. The molecule has 2 aromatic rings. The molecule has 0 unspecified atom stereocenters. The number of halogens is 1. The molecule has 0 bridgehead atoms. The third-order valence-corrected chi connectivity index (χ3v) is 5.84. The number of benzene rings is 2. The zero-order valence-electron chi connectivity index (χ0n) is 17.4. The van der Waals surface area contributed by atoms with Crippen molar-refractivity contribution in [3.8, 4) is 5.75 Å². The third kappa shape index (κ3) is 5.43. The lowest BCUT2D eigenvalue weighted by molar-refractivity contribution is 0.0946. The molecule has 29 heavy (non-hydrogen) atoms. The van der Waals surface area contributed by atoms with E-state index in [1.807, 2.05) is 6.07 Å². The van der Waals surface area contributed by atoms with Gasteiger partial charge in [-0.15, -0.1) is 0 Å². The van der Waals surface area contributed by atoms with Gasteiger partial charge in [0.15, 0.2) is 0 Å². The Hall–Kier alpha value is -2.24. The summed E-state index contributed by atoms with van der Waals surface area (Å²) in [6.45, 7) is 4.98. The van der Waals surface area contributed by atoms with E-state index >= 15 is 0 Å². The summed E-state index contributed by atoms with van der Waals surface area (Å²) in [5.41, 5.74) is 2.52. The van der Waals surface area contributed by atoms with Crippen molar-refractivity contribution in [1.82, 2.24) is 10.2 Å². The number of hydrogen-bond acceptors (Lipinski definition) is 4. The van der Waals surface area contributed by atoms with Crippen LogP contribution in [-0.4, -0.2) is 44.1 Å². The molecule has 0 spiro atoms. The van der Waals surface area contributed by atoms with E-state index in [1.165, 1.54) is 5.56 Å².